The normalized spacial score (nSPS) is 10.4. The summed E-state index contributed by atoms with van der Waals surface area (Å²) in [5.74, 6) is 1.56. The van der Waals surface area contributed by atoms with Crippen molar-refractivity contribution in [1.82, 2.24) is 0 Å². The summed E-state index contributed by atoms with van der Waals surface area (Å²) in [6, 6.07) is 12.8. The quantitative estimate of drug-likeness (QED) is 0.491. The molecule has 0 bridgehead atoms. The lowest BCUT2D eigenvalue weighted by atomic mass is 10.3. The van der Waals surface area contributed by atoms with Gasteiger partial charge in [0, 0.05) is 27.4 Å². The number of thioether (sulfide) groups is 1. The van der Waals surface area contributed by atoms with Crippen LogP contribution in [0.5, 0.6) is 5.75 Å². The highest BCUT2D eigenvalue weighted by molar-refractivity contribution is 7.99. The van der Waals surface area contributed by atoms with E-state index in [-0.39, 0.29) is 0 Å². The van der Waals surface area contributed by atoms with E-state index in [4.69, 9.17) is 33.7 Å². The van der Waals surface area contributed by atoms with Gasteiger partial charge in [-0.25, -0.2) is 0 Å². The van der Waals surface area contributed by atoms with Crippen molar-refractivity contribution in [2.75, 3.05) is 18.1 Å². The first-order valence-electron chi connectivity index (χ1n) is 5.71. The number of rotatable bonds is 5. The maximum absolute atomic E-state index is 6.08. The zero-order chi connectivity index (χ0) is 13.7. The standard InChI is InChI=1S/C14H13Cl2NOS/c15-10-4-5-13(16)14(8-10)19-7-6-18-12-3-1-2-11(17)9-12/h1-5,8-9H,6-7,17H2. The number of hydrogen-bond acceptors (Lipinski definition) is 3. The van der Waals surface area contributed by atoms with Gasteiger partial charge < -0.3 is 10.5 Å². The van der Waals surface area contributed by atoms with Crippen molar-refractivity contribution < 1.29 is 4.74 Å². The second-order valence-corrected chi connectivity index (χ2v) is 5.82. The van der Waals surface area contributed by atoms with Crippen LogP contribution in [0, 0.1) is 0 Å². The molecule has 5 heteroatoms. The number of nitrogen functional groups attached to an aromatic ring is 1. The Kier molecular flexibility index (Phi) is 5.25. The molecule has 0 aliphatic rings. The lowest BCUT2D eigenvalue weighted by Gasteiger charge is -2.07. The van der Waals surface area contributed by atoms with Crippen LogP contribution in [0.1, 0.15) is 0 Å². The minimum Gasteiger partial charge on any atom is -0.493 e. The summed E-state index contributed by atoms with van der Waals surface area (Å²) in [4.78, 5) is 0.963. The maximum atomic E-state index is 6.08. The zero-order valence-corrected chi connectivity index (χ0v) is 12.4. The Morgan fingerprint density at radius 1 is 1.11 bits per heavy atom. The Hall–Kier alpha value is -1.03. The number of benzene rings is 2. The van der Waals surface area contributed by atoms with Crippen LogP contribution >= 0.6 is 35.0 Å². The van der Waals surface area contributed by atoms with Crippen LogP contribution in [0.25, 0.3) is 0 Å². The van der Waals surface area contributed by atoms with Gasteiger partial charge in [-0.1, -0.05) is 29.3 Å². The van der Waals surface area contributed by atoms with Crippen LogP contribution in [-0.4, -0.2) is 12.4 Å². The summed E-state index contributed by atoms with van der Waals surface area (Å²) in [6.45, 7) is 0.580. The lowest BCUT2D eigenvalue weighted by Crippen LogP contribution is -2.00. The van der Waals surface area contributed by atoms with Gasteiger partial charge in [-0.2, -0.15) is 0 Å². The zero-order valence-electron chi connectivity index (χ0n) is 10.1. The van der Waals surface area contributed by atoms with Crippen molar-refractivity contribution >= 4 is 40.7 Å². The second-order valence-electron chi connectivity index (χ2n) is 3.84. The predicted molar refractivity (Wildman–Crippen MR) is 83.5 cm³/mol. The fraction of sp³-hybridized carbons (Fsp3) is 0.143. The van der Waals surface area contributed by atoms with E-state index in [0.29, 0.717) is 22.3 Å². The summed E-state index contributed by atoms with van der Waals surface area (Å²) in [6.07, 6.45) is 0. The minimum absolute atomic E-state index is 0.580. The van der Waals surface area contributed by atoms with Crippen LogP contribution in [0.4, 0.5) is 5.69 Å². The van der Waals surface area contributed by atoms with E-state index < -0.39 is 0 Å². The van der Waals surface area contributed by atoms with Crippen LogP contribution in [0.2, 0.25) is 10.0 Å². The van der Waals surface area contributed by atoms with Gasteiger partial charge in [-0.3, -0.25) is 0 Å². The molecule has 19 heavy (non-hydrogen) atoms. The molecular formula is C14H13Cl2NOS. The Morgan fingerprint density at radius 2 is 1.95 bits per heavy atom. The molecule has 2 N–H and O–H groups in total. The number of nitrogens with two attached hydrogens (primary N) is 1. The highest BCUT2D eigenvalue weighted by Crippen LogP contribution is 2.29. The molecule has 0 unspecified atom stereocenters. The largest absolute Gasteiger partial charge is 0.493 e. The van der Waals surface area contributed by atoms with E-state index in [1.165, 1.54) is 0 Å². The molecule has 0 heterocycles. The SMILES string of the molecule is Nc1cccc(OCCSc2cc(Cl)ccc2Cl)c1. The average molecular weight is 314 g/mol. The van der Waals surface area contributed by atoms with Gasteiger partial charge in [0.1, 0.15) is 5.75 Å². The monoisotopic (exact) mass is 313 g/mol. The number of hydrogen-bond donors (Lipinski definition) is 1. The molecule has 2 aromatic rings. The highest BCUT2D eigenvalue weighted by atomic mass is 35.5. The molecule has 100 valence electrons. The number of anilines is 1. The number of halogens is 2. The molecule has 0 atom stereocenters. The molecule has 0 aliphatic carbocycles. The van der Waals surface area contributed by atoms with Crippen LogP contribution in [-0.2, 0) is 0 Å². The van der Waals surface area contributed by atoms with E-state index in [0.717, 1.165) is 16.4 Å². The van der Waals surface area contributed by atoms with Gasteiger partial charge in [0.15, 0.2) is 0 Å². The summed E-state index contributed by atoms with van der Waals surface area (Å²) in [5.41, 5.74) is 6.37. The van der Waals surface area contributed by atoms with Gasteiger partial charge in [0.25, 0.3) is 0 Å². The third-order valence-electron chi connectivity index (χ3n) is 2.36. The third kappa shape index (κ3) is 4.53. The third-order valence-corrected chi connectivity index (χ3v) is 4.06. The van der Waals surface area contributed by atoms with Crippen molar-refractivity contribution in [2.24, 2.45) is 0 Å². The van der Waals surface area contributed by atoms with E-state index in [1.807, 2.05) is 24.3 Å². The molecular weight excluding hydrogens is 301 g/mol. The van der Waals surface area contributed by atoms with E-state index >= 15 is 0 Å². The molecule has 2 rings (SSSR count). The molecule has 2 aromatic carbocycles. The Balaban J connectivity index is 1.82. The summed E-state index contributed by atoms with van der Waals surface area (Å²) < 4.78 is 5.60. The lowest BCUT2D eigenvalue weighted by molar-refractivity contribution is 0.344. The molecule has 2 nitrogen and oxygen atoms in total. The first-order chi connectivity index (χ1) is 9.15. The summed E-state index contributed by atoms with van der Waals surface area (Å²) in [7, 11) is 0. The Morgan fingerprint density at radius 3 is 2.74 bits per heavy atom. The molecule has 0 saturated heterocycles. The maximum Gasteiger partial charge on any atom is 0.121 e. The van der Waals surface area contributed by atoms with Crippen molar-refractivity contribution in [3.63, 3.8) is 0 Å². The molecule has 0 aliphatic heterocycles. The fourth-order valence-electron chi connectivity index (χ4n) is 1.50. The minimum atomic E-state index is 0.580. The second kappa shape index (κ2) is 6.94. The van der Waals surface area contributed by atoms with Crippen LogP contribution in [0.15, 0.2) is 47.4 Å². The summed E-state index contributed by atoms with van der Waals surface area (Å²) >= 11 is 13.6. The molecule has 0 fully saturated rings. The Labute approximate surface area is 126 Å². The van der Waals surface area contributed by atoms with Crippen LogP contribution in [0.3, 0.4) is 0 Å². The smallest absolute Gasteiger partial charge is 0.121 e. The highest BCUT2D eigenvalue weighted by Gasteiger charge is 2.02. The molecule has 0 amide bonds. The number of ether oxygens (including phenoxy) is 1. The van der Waals surface area contributed by atoms with E-state index in [9.17, 15) is 0 Å². The first kappa shape index (κ1) is 14.4. The molecule has 0 aromatic heterocycles. The molecule has 0 spiro atoms. The predicted octanol–water partition coefficient (Wildman–Crippen LogP) is 4.75. The van der Waals surface area contributed by atoms with Gasteiger partial charge in [-0.05, 0) is 30.3 Å². The van der Waals surface area contributed by atoms with Crippen molar-refractivity contribution in [2.45, 2.75) is 4.90 Å². The topological polar surface area (TPSA) is 35.2 Å². The van der Waals surface area contributed by atoms with Crippen molar-refractivity contribution in [3.8, 4) is 5.75 Å². The molecule has 0 radical (unpaired) electrons. The first-order valence-corrected chi connectivity index (χ1v) is 7.45. The van der Waals surface area contributed by atoms with E-state index in [1.54, 1.807) is 30.0 Å². The average Bonchev–Trinajstić information content (AvgIpc) is 2.39. The van der Waals surface area contributed by atoms with Gasteiger partial charge in [-0.15, -0.1) is 11.8 Å². The summed E-state index contributed by atoms with van der Waals surface area (Å²) in [5, 5.41) is 1.39. The van der Waals surface area contributed by atoms with Crippen molar-refractivity contribution in [3.05, 3.63) is 52.5 Å². The molecule has 0 saturated carbocycles. The van der Waals surface area contributed by atoms with Crippen LogP contribution < -0.4 is 10.5 Å². The van der Waals surface area contributed by atoms with Crippen molar-refractivity contribution in [1.29, 1.82) is 0 Å². The van der Waals surface area contributed by atoms with Gasteiger partial charge in [0.05, 0.1) is 11.6 Å². The fourth-order valence-corrected chi connectivity index (χ4v) is 2.82. The van der Waals surface area contributed by atoms with Gasteiger partial charge in [0.2, 0.25) is 0 Å². The Bertz CT molecular complexity index is 563. The van der Waals surface area contributed by atoms with Gasteiger partial charge >= 0.3 is 0 Å². The van der Waals surface area contributed by atoms with E-state index in [2.05, 4.69) is 0 Å².